The summed E-state index contributed by atoms with van der Waals surface area (Å²) in [6.07, 6.45) is 3.32. The lowest BCUT2D eigenvalue weighted by atomic mass is 10.2. The molecule has 0 aromatic heterocycles. The number of para-hydroxylation sites is 1. The number of nitrogens with one attached hydrogen (secondary N) is 2. The van der Waals surface area contributed by atoms with E-state index in [4.69, 9.17) is 14.2 Å². The van der Waals surface area contributed by atoms with E-state index < -0.39 is 0 Å². The zero-order chi connectivity index (χ0) is 16.1. The van der Waals surface area contributed by atoms with Crippen molar-refractivity contribution in [3.8, 4) is 17.2 Å². The maximum absolute atomic E-state index is 11.9. The van der Waals surface area contributed by atoms with Gasteiger partial charge in [0.1, 0.15) is 5.75 Å². The zero-order valence-corrected chi connectivity index (χ0v) is 12.5. The van der Waals surface area contributed by atoms with Crippen molar-refractivity contribution in [3.63, 3.8) is 0 Å². The summed E-state index contributed by atoms with van der Waals surface area (Å²) >= 11 is 0. The first-order valence-electron chi connectivity index (χ1n) is 7.03. The standard InChI is InChI=1S/C17H16N2O4/c1-21-14-5-3-2-4-12(14)8-9-18-17(20)19-13-6-7-15-16(10-13)23-11-22-15/h2-10H,11H2,1H3,(H2,18,19,20)/b9-8+. The first kappa shape index (κ1) is 14.8. The van der Waals surface area contributed by atoms with Gasteiger partial charge in [-0.2, -0.15) is 0 Å². The Morgan fingerprint density at radius 1 is 1.17 bits per heavy atom. The first-order valence-corrected chi connectivity index (χ1v) is 7.03. The molecule has 0 saturated heterocycles. The molecule has 0 bridgehead atoms. The number of hydrogen-bond donors (Lipinski definition) is 2. The van der Waals surface area contributed by atoms with Gasteiger partial charge in [-0.05, 0) is 24.3 Å². The van der Waals surface area contributed by atoms with Crippen molar-refractivity contribution in [1.29, 1.82) is 0 Å². The Morgan fingerprint density at radius 3 is 2.87 bits per heavy atom. The van der Waals surface area contributed by atoms with E-state index in [1.54, 1.807) is 37.6 Å². The molecule has 6 heteroatoms. The molecular weight excluding hydrogens is 296 g/mol. The molecule has 0 atom stereocenters. The number of methoxy groups -OCH3 is 1. The maximum Gasteiger partial charge on any atom is 0.323 e. The monoisotopic (exact) mass is 312 g/mol. The number of anilines is 1. The molecule has 0 fully saturated rings. The molecule has 1 aliphatic rings. The van der Waals surface area contributed by atoms with Gasteiger partial charge in [-0.25, -0.2) is 4.79 Å². The van der Waals surface area contributed by atoms with E-state index in [1.165, 1.54) is 0 Å². The highest BCUT2D eigenvalue weighted by atomic mass is 16.7. The van der Waals surface area contributed by atoms with E-state index in [2.05, 4.69) is 10.6 Å². The van der Waals surface area contributed by atoms with Gasteiger partial charge < -0.3 is 24.8 Å². The molecule has 23 heavy (non-hydrogen) atoms. The predicted molar refractivity (Wildman–Crippen MR) is 86.7 cm³/mol. The van der Waals surface area contributed by atoms with Crippen LogP contribution in [0.4, 0.5) is 10.5 Å². The maximum atomic E-state index is 11.9. The summed E-state index contributed by atoms with van der Waals surface area (Å²) in [6, 6.07) is 12.4. The Hall–Kier alpha value is -3.15. The van der Waals surface area contributed by atoms with Crippen molar-refractivity contribution < 1.29 is 19.0 Å². The molecule has 2 N–H and O–H groups in total. The van der Waals surface area contributed by atoms with E-state index in [-0.39, 0.29) is 12.8 Å². The van der Waals surface area contributed by atoms with Crippen molar-refractivity contribution in [1.82, 2.24) is 5.32 Å². The van der Waals surface area contributed by atoms with Gasteiger partial charge >= 0.3 is 6.03 Å². The average molecular weight is 312 g/mol. The Balaban J connectivity index is 1.58. The third-order valence-electron chi connectivity index (χ3n) is 3.25. The highest BCUT2D eigenvalue weighted by Crippen LogP contribution is 2.34. The third kappa shape index (κ3) is 3.55. The minimum Gasteiger partial charge on any atom is -0.496 e. The number of amides is 2. The number of ether oxygens (including phenoxy) is 3. The first-order chi connectivity index (χ1) is 11.3. The summed E-state index contributed by atoms with van der Waals surface area (Å²) in [5, 5.41) is 5.36. The lowest BCUT2D eigenvalue weighted by molar-refractivity contribution is 0.174. The van der Waals surface area contributed by atoms with Crippen molar-refractivity contribution in [2.75, 3.05) is 19.2 Å². The topological polar surface area (TPSA) is 68.8 Å². The molecule has 0 aliphatic carbocycles. The van der Waals surface area contributed by atoms with Crippen LogP contribution in [-0.2, 0) is 0 Å². The number of rotatable bonds is 4. The Labute approximate surface area is 133 Å². The fraction of sp³-hybridized carbons (Fsp3) is 0.118. The number of fused-ring (bicyclic) bond motifs is 1. The van der Waals surface area contributed by atoms with Gasteiger partial charge in [0.2, 0.25) is 6.79 Å². The number of hydrogen-bond acceptors (Lipinski definition) is 4. The van der Waals surface area contributed by atoms with Gasteiger partial charge in [0, 0.05) is 23.5 Å². The number of benzene rings is 2. The van der Waals surface area contributed by atoms with Crippen LogP contribution in [0.5, 0.6) is 17.2 Å². The van der Waals surface area contributed by atoms with Crippen LogP contribution >= 0.6 is 0 Å². The molecule has 118 valence electrons. The molecule has 0 spiro atoms. The van der Waals surface area contributed by atoms with Crippen molar-refractivity contribution in [2.24, 2.45) is 0 Å². The van der Waals surface area contributed by atoms with Crippen LogP contribution in [-0.4, -0.2) is 19.9 Å². The van der Waals surface area contributed by atoms with E-state index >= 15 is 0 Å². The predicted octanol–water partition coefficient (Wildman–Crippen LogP) is 3.22. The molecule has 2 aromatic carbocycles. The van der Waals surface area contributed by atoms with E-state index in [9.17, 15) is 4.79 Å². The summed E-state index contributed by atoms with van der Waals surface area (Å²) in [5.41, 5.74) is 1.50. The van der Waals surface area contributed by atoms with Crippen LogP contribution in [0.2, 0.25) is 0 Å². The molecule has 6 nitrogen and oxygen atoms in total. The van der Waals surface area contributed by atoms with Crippen molar-refractivity contribution in [2.45, 2.75) is 0 Å². The summed E-state index contributed by atoms with van der Waals surface area (Å²) in [7, 11) is 1.60. The van der Waals surface area contributed by atoms with Crippen LogP contribution in [0.15, 0.2) is 48.7 Å². The average Bonchev–Trinajstić information content (AvgIpc) is 3.03. The van der Waals surface area contributed by atoms with Crippen LogP contribution in [0.1, 0.15) is 5.56 Å². The van der Waals surface area contributed by atoms with E-state index in [1.807, 2.05) is 24.3 Å². The van der Waals surface area contributed by atoms with Gasteiger partial charge in [0.05, 0.1) is 7.11 Å². The van der Waals surface area contributed by atoms with Crippen LogP contribution in [0.3, 0.4) is 0 Å². The number of urea groups is 1. The normalized spacial score (nSPS) is 12.2. The van der Waals surface area contributed by atoms with E-state index in [0.29, 0.717) is 17.2 Å². The number of carbonyl (C=O) groups excluding carboxylic acids is 1. The Morgan fingerprint density at radius 2 is 2.00 bits per heavy atom. The van der Waals surface area contributed by atoms with Crippen molar-refractivity contribution in [3.05, 3.63) is 54.2 Å². The molecule has 2 amide bonds. The van der Waals surface area contributed by atoms with Gasteiger partial charge in [-0.15, -0.1) is 0 Å². The fourth-order valence-electron chi connectivity index (χ4n) is 2.15. The lowest BCUT2D eigenvalue weighted by Crippen LogP contribution is -2.23. The van der Waals surface area contributed by atoms with Gasteiger partial charge in [-0.1, -0.05) is 18.2 Å². The molecule has 3 rings (SSSR count). The Bertz CT molecular complexity index is 743. The summed E-state index contributed by atoms with van der Waals surface area (Å²) in [5.74, 6) is 2.03. The highest BCUT2D eigenvalue weighted by Gasteiger charge is 2.13. The molecular formula is C17H16N2O4. The molecule has 1 aliphatic heterocycles. The largest absolute Gasteiger partial charge is 0.496 e. The highest BCUT2D eigenvalue weighted by molar-refractivity contribution is 5.90. The number of carbonyl (C=O) groups is 1. The molecule has 0 radical (unpaired) electrons. The second-order valence-corrected chi connectivity index (χ2v) is 4.74. The lowest BCUT2D eigenvalue weighted by Gasteiger charge is -2.06. The summed E-state index contributed by atoms with van der Waals surface area (Å²) < 4.78 is 15.7. The van der Waals surface area contributed by atoms with Gasteiger partial charge in [-0.3, -0.25) is 0 Å². The minimum absolute atomic E-state index is 0.201. The molecule has 2 aromatic rings. The molecule has 0 unspecified atom stereocenters. The Kier molecular flexibility index (Phi) is 4.33. The van der Waals surface area contributed by atoms with Crippen LogP contribution in [0, 0.1) is 0 Å². The van der Waals surface area contributed by atoms with Gasteiger partial charge in [0.25, 0.3) is 0 Å². The second kappa shape index (κ2) is 6.74. The molecule has 1 heterocycles. The smallest absolute Gasteiger partial charge is 0.323 e. The quantitative estimate of drug-likeness (QED) is 0.909. The SMILES string of the molecule is COc1ccccc1/C=C/NC(=O)Nc1ccc2c(c1)OCO2. The van der Waals surface area contributed by atoms with E-state index in [0.717, 1.165) is 11.3 Å². The summed E-state index contributed by atoms with van der Waals surface area (Å²) in [6.45, 7) is 0.201. The van der Waals surface area contributed by atoms with Gasteiger partial charge in [0.15, 0.2) is 11.5 Å². The minimum atomic E-state index is -0.352. The second-order valence-electron chi connectivity index (χ2n) is 4.74. The van der Waals surface area contributed by atoms with Crippen molar-refractivity contribution >= 4 is 17.8 Å². The van der Waals surface area contributed by atoms with Crippen LogP contribution < -0.4 is 24.8 Å². The third-order valence-corrected chi connectivity index (χ3v) is 3.25. The zero-order valence-electron chi connectivity index (χ0n) is 12.5. The van der Waals surface area contributed by atoms with Crippen LogP contribution in [0.25, 0.3) is 6.08 Å². The summed E-state index contributed by atoms with van der Waals surface area (Å²) in [4.78, 5) is 11.9. The molecule has 0 saturated carbocycles. The fourth-order valence-corrected chi connectivity index (χ4v) is 2.15.